The van der Waals surface area contributed by atoms with Crippen molar-refractivity contribution in [2.45, 2.75) is 26.8 Å². The number of aromatic nitrogens is 2. The third kappa shape index (κ3) is 3.67. The highest BCUT2D eigenvalue weighted by Gasteiger charge is 2.25. The Hall–Kier alpha value is -2.15. The smallest absolute Gasteiger partial charge is 0.264 e. The normalized spacial score (nSPS) is 14.9. The molecule has 2 amide bonds. The Morgan fingerprint density at radius 2 is 1.88 bits per heavy atom. The van der Waals surface area contributed by atoms with E-state index in [4.69, 9.17) is 0 Å². The molecule has 1 saturated heterocycles. The van der Waals surface area contributed by atoms with Crippen LogP contribution in [0.3, 0.4) is 0 Å². The van der Waals surface area contributed by atoms with E-state index in [2.05, 4.69) is 5.10 Å². The van der Waals surface area contributed by atoms with Gasteiger partial charge in [-0.3, -0.25) is 14.3 Å². The molecule has 1 fully saturated rings. The predicted molar refractivity (Wildman–Crippen MR) is 93.1 cm³/mol. The van der Waals surface area contributed by atoms with Gasteiger partial charge < -0.3 is 9.80 Å². The molecule has 0 saturated carbocycles. The lowest BCUT2D eigenvalue weighted by molar-refractivity contribution is -0.132. The summed E-state index contributed by atoms with van der Waals surface area (Å²) < 4.78 is 1.88. The molecule has 2 aromatic rings. The highest BCUT2D eigenvalue weighted by molar-refractivity contribution is 7.12. The molecule has 0 aliphatic carbocycles. The van der Waals surface area contributed by atoms with Gasteiger partial charge in [0.15, 0.2) is 0 Å². The lowest BCUT2D eigenvalue weighted by Crippen LogP contribution is -2.50. The Morgan fingerprint density at radius 1 is 1.17 bits per heavy atom. The number of nitrogens with zero attached hydrogens (tertiary/aromatic N) is 4. The van der Waals surface area contributed by atoms with Crippen LogP contribution in [-0.4, -0.2) is 57.6 Å². The zero-order valence-electron chi connectivity index (χ0n) is 14.1. The van der Waals surface area contributed by atoms with Gasteiger partial charge in [0.25, 0.3) is 5.91 Å². The number of piperazine rings is 1. The number of rotatable bonds is 4. The molecular weight excluding hydrogens is 324 g/mol. The molecule has 3 heterocycles. The van der Waals surface area contributed by atoms with Gasteiger partial charge in [0.2, 0.25) is 5.91 Å². The molecule has 0 N–H and O–H groups in total. The van der Waals surface area contributed by atoms with Crippen molar-refractivity contribution >= 4 is 23.2 Å². The molecule has 3 rings (SSSR count). The minimum absolute atomic E-state index is 0.0692. The lowest BCUT2D eigenvalue weighted by Gasteiger charge is -2.34. The summed E-state index contributed by atoms with van der Waals surface area (Å²) in [7, 11) is 0. The topological polar surface area (TPSA) is 58.4 Å². The molecule has 1 aliphatic rings. The maximum Gasteiger partial charge on any atom is 0.264 e. The Morgan fingerprint density at radius 3 is 2.46 bits per heavy atom. The van der Waals surface area contributed by atoms with E-state index in [1.54, 1.807) is 0 Å². The van der Waals surface area contributed by atoms with Crippen molar-refractivity contribution in [3.05, 3.63) is 39.8 Å². The van der Waals surface area contributed by atoms with Gasteiger partial charge in [-0.15, -0.1) is 11.3 Å². The molecule has 0 radical (unpaired) electrons. The van der Waals surface area contributed by atoms with Gasteiger partial charge in [0.1, 0.15) is 0 Å². The van der Waals surface area contributed by atoms with Gasteiger partial charge in [0, 0.05) is 44.8 Å². The first-order chi connectivity index (χ1) is 11.5. The van der Waals surface area contributed by atoms with E-state index in [9.17, 15) is 9.59 Å². The molecular formula is C17H22N4O2S. The van der Waals surface area contributed by atoms with E-state index in [1.165, 1.54) is 11.3 Å². The van der Waals surface area contributed by atoms with E-state index >= 15 is 0 Å². The summed E-state index contributed by atoms with van der Waals surface area (Å²) >= 11 is 1.46. The summed E-state index contributed by atoms with van der Waals surface area (Å²) in [5.41, 5.74) is 2.05. The monoisotopic (exact) mass is 346 g/mol. The molecule has 0 atom stereocenters. The van der Waals surface area contributed by atoms with Gasteiger partial charge in [-0.1, -0.05) is 6.07 Å². The fourth-order valence-corrected chi connectivity index (χ4v) is 3.67. The average molecular weight is 346 g/mol. The van der Waals surface area contributed by atoms with Crippen LogP contribution in [0, 0.1) is 13.8 Å². The average Bonchev–Trinajstić information content (AvgIpc) is 3.22. The van der Waals surface area contributed by atoms with E-state index in [0.29, 0.717) is 39.1 Å². The van der Waals surface area contributed by atoms with E-state index < -0.39 is 0 Å². The molecule has 6 nitrogen and oxygen atoms in total. The summed E-state index contributed by atoms with van der Waals surface area (Å²) in [6.07, 6.45) is 0.445. The van der Waals surface area contributed by atoms with Gasteiger partial charge in [-0.2, -0.15) is 5.10 Å². The number of hydrogen-bond acceptors (Lipinski definition) is 4. The molecule has 2 aromatic heterocycles. The molecule has 0 bridgehead atoms. The Balaban J connectivity index is 1.48. The van der Waals surface area contributed by atoms with Gasteiger partial charge in [-0.25, -0.2) is 0 Å². The highest BCUT2D eigenvalue weighted by atomic mass is 32.1. The van der Waals surface area contributed by atoms with Crippen molar-refractivity contribution in [1.29, 1.82) is 0 Å². The highest BCUT2D eigenvalue weighted by Crippen LogP contribution is 2.14. The van der Waals surface area contributed by atoms with Crippen molar-refractivity contribution in [3.63, 3.8) is 0 Å². The van der Waals surface area contributed by atoms with Gasteiger partial charge in [0.05, 0.1) is 10.6 Å². The fourth-order valence-electron chi connectivity index (χ4n) is 2.98. The van der Waals surface area contributed by atoms with E-state index in [0.717, 1.165) is 16.3 Å². The maximum atomic E-state index is 12.4. The second-order valence-electron chi connectivity index (χ2n) is 6.05. The predicted octanol–water partition coefficient (Wildman–Crippen LogP) is 1.94. The molecule has 0 spiro atoms. The molecule has 0 aromatic carbocycles. The quantitative estimate of drug-likeness (QED) is 0.850. The number of carbonyl (C=O) groups is 2. The zero-order chi connectivity index (χ0) is 17.1. The van der Waals surface area contributed by atoms with Crippen LogP contribution in [0.15, 0.2) is 23.6 Å². The first-order valence-corrected chi connectivity index (χ1v) is 9.04. The largest absolute Gasteiger partial charge is 0.339 e. The number of aryl methyl sites for hydroxylation is 3. The van der Waals surface area contributed by atoms with Crippen LogP contribution in [0.25, 0.3) is 0 Å². The third-order valence-electron chi connectivity index (χ3n) is 4.29. The van der Waals surface area contributed by atoms with Gasteiger partial charge in [-0.05, 0) is 31.4 Å². The summed E-state index contributed by atoms with van der Waals surface area (Å²) in [5, 5.41) is 6.29. The lowest BCUT2D eigenvalue weighted by atomic mass is 10.2. The van der Waals surface area contributed by atoms with Crippen molar-refractivity contribution in [3.8, 4) is 0 Å². The maximum absolute atomic E-state index is 12.4. The Labute approximate surface area is 145 Å². The third-order valence-corrected chi connectivity index (χ3v) is 5.15. The van der Waals surface area contributed by atoms with Crippen molar-refractivity contribution < 1.29 is 9.59 Å². The zero-order valence-corrected chi connectivity index (χ0v) is 14.9. The second kappa shape index (κ2) is 7.17. The second-order valence-corrected chi connectivity index (χ2v) is 7.00. The summed E-state index contributed by atoms with van der Waals surface area (Å²) in [6, 6.07) is 5.75. The summed E-state index contributed by atoms with van der Waals surface area (Å²) in [5.74, 6) is 0.200. The number of amides is 2. The van der Waals surface area contributed by atoms with Crippen LogP contribution in [0.1, 0.15) is 27.5 Å². The van der Waals surface area contributed by atoms with Crippen LogP contribution in [0.4, 0.5) is 0 Å². The number of carbonyl (C=O) groups excluding carboxylic acids is 2. The van der Waals surface area contributed by atoms with Crippen molar-refractivity contribution in [2.24, 2.45) is 0 Å². The first kappa shape index (κ1) is 16.7. The summed E-state index contributed by atoms with van der Waals surface area (Å²) in [4.78, 5) is 29.1. The van der Waals surface area contributed by atoms with Crippen LogP contribution in [0.2, 0.25) is 0 Å². The first-order valence-electron chi connectivity index (χ1n) is 8.16. The van der Waals surface area contributed by atoms with Gasteiger partial charge >= 0.3 is 0 Å². The number of thiophene rings is 1. The molecule has 7 heteroatoms. The molecule has 0 unspecified atom stereocenters. The fraction of sp³-hybridized carbons (Fsp3) is 0.471. The van der Waals surface area contributed by atoms with Crippen LogP contribution in [-0.2, 0) is 11.3 Å². The van der Waals surface area contributed by atoms with Crippen LogP contribution < -0.4 is 0 Å². The summed E-state index contributed by atoms with van der Waals surface area (Å²) in [6.45, 7) is 6.96. The van der Waals surface area contributed by atoms with E-state index in [1.807, 2.05) is 51.9 Å². The van der Waals surface area contributed by atoms with Crippen molar-refractivity contribution in [1.82, 2.24) is 19.6 Å². The molecule has 1 aliphatic heterocycles. The molecule has 24 heavy (non-hydrogen) atoms. The Kier molecular flexibility index (Phi) is 4.99. The Bertz CT molecular complexity index is 715. The van der Waals surface area contributed by atoms with Crippen LogP contribution >= 0.6 is 11.3 Å². The number of hydrogen-bond donors (Lipinski definition) is 0. The SMILES string of the molecule is Cc1cc(C)n(CCC(=O)N2CCN(C(=O)c3cccs3)CC2)n1. The molecule has 128 valence electrons. The standard InChI is InChI=1S/C17H22N4O2S/c1-13-12-14(2)21(18-13)6-5-16(22)19-7-9-20(10-8-19)17(23)15-4-3-11-24-15/h3-4,11-12H,5-10H2,1-2H3. The minimum Gasteiger partial charge on any atom is -0.339 e. The minimum atomic E-state index is 0.0692. The van der Waals surface area contributed by atoms with Crippen LogP contribution in [0.5, 0.6) is 0 Å². The van der Waals surface area contributed by atoms with Crippen molar-refractivity contribution in [2.75, 3.05) is 26.2 Å². The van der Waals surface area contributed by atoms with E-state index in [-0.39, 0.29) is 11.8 Å².